The molecule has 0 saturated heterocycles. The third-order valence-electron chi connectivity index (χ3n) is 4.04. The average molecular weight is 264 g/mol. The van der Waals surface area contributed by atoms with Crippen molar-refractivity contribution in [2.24, 2.45) is 5.73 Å². The molecule has 0 amide bonds. The molecule has 1 fully saturated rings. The first-order valence-corrected chi connectivity index (χ1v) is 6.87. The van der Waals surface area contributed by atoms with Crippen molar-refractivity contribution in [2.45, 2.75) is 25.3 Å². The van der Waals surface area contributed by atoms with Crippen molar-refractivity contribution in [2.75, 3.05) is 0 Å². The summed E-state index contributed by atoms with van der Waals surface area (Å²) in [4.78, 5) is 12.5. The van der Waals surface area contributed by atoms with Gasteiger partial charge in [0.2, 0.25) is 0 Å². The highest BCUT2D eigenvalue weighted by molar-refractivity contribution is 5.96. The van der Waals surface area contributed by atoms with Gasteiger partial charge in [-0.15, -0.1) is 0 Å². The largest absolute Gasteiger partial charge is 0.358 e. The Balaban J connectivity index is 1.93. The quantitative estimate of drug-likeness (QED) is 0.748. The number of rotatable bonds is 2. The maximum atomic E-state index is 6.21. The topological polar surface area (TPSA) is 67.6 Å². The summed E-state index contributed by atoms with van der Waals surface area (Å²) in [5.74, 6) is 0.764. The fourth-order valence-corrected chi connectivity index (χ4v) is 2.70. The van der Waals surface area contributed by atoms with Crippen LogP contribution >= 0.6 is 0 Å². The van der Waals surface area contributed by atoms with Gasteiger partial charge in [-0.1, -0.05) is 18.2 Å². The smallest absolute Gasteiger partial charge is 0.148 e. The molecule has 4 heteroatoms. The fourth-order valence-electron chi connectivity index (χ4n) is 2.70. The van der Waals surface area contributed by atoms with Gasteiger partial charge in [0, 0.05) is 28.4 Å². The first-order valence-electron chi connectivity index (χ1n) is 6.87. The number of aryl methyl sites for hydroxylation is 1. The summed E-state index contributed by atoms with van der Waals surface area (Å²) < 4.78 is 0. The number of fused-ring (bicyclic) bond motifs is 1. The first kappa shape index (κ1) is 11.6. The third-order valence-corrected chi connectivity index (χ3v) is 4.04. The lowest BCUT2D eigenvalue weighted by Gasteiger charge is -2.08. The highest BCUT2D eigenvalue weighted by Crippen LogP contribution is 2.41. The van der Waals surface area contributed by atoms with E-state index in [1.807, 2.05) is 24.4 Å². The van der Waals surface area contributed by atoms with Gasteiger partial charge in [-0.2, -0.15) is 0 Å². The second-order valence-corrected chi connectivity index (χ2v) is 5.59. The summed E-state index contributed by atoms with van der Waals surface area (Å²) in [5, 5.41) is 1.19. The molecule has 100 valence electrons. The second kappa shape index (κ2) is 3.90. The predicted molar refractivity (Wildman–Crippen MR) is 79.2 cm³/mol. The van der Waals surface area contributed by atoms with E-state index in [9.17, 15) is 0 Å². The van der Waals surface area contributed by atoms with Crippen molar-refractivity contribution >= 4 is 10.9 Å². The summed E-state index contributed by atoms with van der Waals surface area (Å²) in [5.41, 5.74) is 10.3. The van der Waals surface area contributed by atoms with Crippen molar-refractivity contribution in [1.82, 2.24) is 15.0 Å². The van der Waals surface area contributed by atoms with E-state index in [4.69, 9.17) is 10.7 Å². The van der Waals surface area contributed by atoms with Crippen LogP contribution in [0.25, 0.3) is 22.2 Å². The molecule has 0 unspecified atom stereocenters. The van der Waals surface area contributed by atoms with Crippen molar-refractivity contribution in [3.63, 3.8) is 0 Å². The van der Waals surface area contributed by atoms with E-state index in [2.05, 4.69) is 29.0 Å². The number of hydrogen-bond acceptors (Lipinski definition) is 3. The summed E-state index contributed by atoms with van der Waals surface area (Å²) in [6, 6.07) is 10.2. The molecule has 3 aromatic rings. The van der Waals surface area contributed by atoms with Crippen molar-refractivity contribution in [3.8, 4) is 11.3 Å². The van der Waals surface area contributed by atoms with Crippen LogP contribution in [-0.2, 0) is 5.54 Å². The Bertz CT molecular complexity index is 799. The SMILES string of the molecule is Cc1[nH]c2ccccc2c1-c1ccnc(C2(N)CC2)n1. The van der Waals surface area contributed by atoms with Gasteiger partial charge in [0.15, 0.2) is 0 Å². The molecule has 2 heterocycles. The lowest BCUT2D eigenvalue weighted by molar-refractivity contribution is 0.673. The summed E-state index contributed by atoms with van der Waals surface area (Å²) >= 11 is 0. The molecule has 0 radical (unpaired) electrons. The Kier molecular flexibility index (Phi) is 2.26. The van der Waals surface area contributed by atoms with Crippen molar-refractivity contribution in [3.05, 3.63) is 48.0 Å². The zero-order valence-corrected chi connectivity index (χ0v) is 11.4. The maximum absolute atomic E-state index is 6.21. The number of nitrogens with zero attached hydrogens (tertiary/aromatic N) is 2. The number of para-hydroxylation sites is 1. The summed E-state index contributed by atoms with van der Waals surface area (Å²) in [6.45, 7) is 2.08. The minimum absolute atomic E-state index is 0.296. The van der Waals surface area contributed by atoms with E-state index in [0.29, 0.717) is 0 Å². The number of nitrogens with one attached hydrogen (secondary N) is 1. The monoisotopic (exact) mass is 264 g/mol. The van der Waals surface area contributed by atoms with E-state index >= 15 is 0 Å². The molecule has 1 aromatic carbocycles. The van der Waals surface area contributed by atoms with Gasteiger partial charge in [0.05, 0.1) is 11.2 Å². The molecule has 0 aliphatic heterocycles. The van der Waals surface area contributed by atoms with Gasteiger partial charge in [-0.25, -0.2) is 9.97 Å². The van der Waals surface area contributed by atoms with E-state index in [1.165, 1.54) is 5.39 Å². The number of hydrogen-bond donors (Lipinski definition) is 2. The summed E-state index contributed by atoms with van der Waals surface area (Å²) in [6.07, 6.45) is 3.76. The van der Waals surface area contributed by atoms with Gasteiger partial charge < -0.3 is 10.7 Å². The van der Waals surface area contributed by atoms with E-state index in [-0.39, 0.29) is 5.54 Å². The second-order valence-electron chi connectivity index (χ2n) is 5.59. The van der Waals surface area contributed by atoms with Crippen LogP contribution in [0.3, 0.4) is 0 Å². The van der Waals surface area contributed by atoms with Crippen LogP contribution in [0.15, 0.2) is 36.5 Å². The van der Waals surface area contributed by atoms with Gasteiger partial charge in [0.1, 0.15) is 5.82 Å². The molecule has 4 nitrogen and oxygen atoms in total. The number of benzene rings is 1. The van der Waals surface area contributed by atoms with Gasteiger partial charge in [0.25, 0.3) is 0 Å². The molecule has 20 heavy (non-hydrogen) atoms. The fraction of sp³-hybridized carbons (Fsp3) is 0.250. The molecule has 1 saturated carbocycles. The standard InChI is InChI=1S/C16H16N4/c1-10-14(11-4-2-3-5-12(11)19-10)13-6-9-18-15(20-13)16(17)7-8-16/h2-6,9,19H,7-8,17H2,1H3. The predicted octanol–water partition coefficient (Wildman–Crippen LogP) is 2.88. The van der Waals surface area contributed by atoms with E-state index < -0.39 is 0 Å². The van der Waals surface area contributed by atoms with Crippen LogP contribution in [0.5, 0.6) is 0 Å². The van der Waals surface area contributed by atoms with Crippen LogP contribution in [0.2, 0.25) is 0 Å². The third kappa shape index (κ3) is 1.65. The number of H-pyrrole nitrogens is 1. The highest BCUT2D eigenvalue weighted by Gasteiger charge is 2.43. The normalized spacial score (nSPS) is 16.5. The summed E-state index contributed by atoms with van der Waals surface area (Å²) in [7, 11) is 0. The number of aromatic amines is 1. The van der Waals surface area contributed by atoms with Crippen LogP contribution in [-0.4, -0.2) is 15.0 Å². The number of aromatic nitrogens is 3. The lowest BCUT2D eigenvalue weighted by atomic mass is 10.1. The Morgan fingerprint density at radius 1 is 1.20 bits per heavy atom. The zero-order valence-electron chi connectivity index (χ0n) is 11.4. The minimum atomic E-state index is -0.296. The minimum Gasteiger partial charge on any atom is -0.358 e. The Morgan fingerprint density at radius 3 is 2.80 bits per heavy atom. The Labute approximate surface area is 117 Å². The molecule has 4 rings (SSSR count). The molecule has 1 aliphatic carbocycles. The Hall–Kier alpha value is -2.20. The first-order chi connectivity index (χ1) is 9.67. The molecule has 2 aromatic heterocycles. The zero-order chi connectivity index (χ0) is 13.7. The van der Waals surface area contributed by atoms with Gasteiger partial charge in [-0.3, -0.25) is 0 Å². The van der Waals surface area contributed by atoms with Crippen LogP contribution in [0.4, 0.5) is 0 Å². The average Bonchev–Trinajstić information content (AvgIpc) is 3.12. The van der Waals surface area contributed by atoms with Gasteiger partial charge >= 0.3 is 0 Å². The van der Waals surface area contributed by atoms with Crippen LogP contribution in [0, 0.1) is 6.92 Å². The lowest BCUT2D eigenvalue weighted by Crippen LogP contribution is -2.22. The number of nitrogens with two attached hydrogens (primary N) is 1. The van der Waals surface area contributed by atoms with Gasteiger partial charge in [-0.05, 0) is 31.9 Å². The molecule has 3 N–H and O–H groups in total. The molecule has 0 bridgehead atoms. The van der Waals surface area contributed by atoms with Crippen molar-refractivity contribution in [1.29, 1.82) is 0 Å². The molecule has 0 spiro atoms. The van der Waals surface area contributed by atoms with Crippen molar-refractivity contribution < 1.29 is 0 Å². The molecule has 1 aliphatic rings. The Morgan fingerprint density at radius 2 is 2.00 bits per heavy atom. The van der Waals surface area contributed by atoms with Crippen LogP contribution in [0.1, 0.15) is 24.4 Å². The van der Waals surface area contributed by atoms with E-state index in [1.54, 1.807) is 0 Å². The van der Waals surface area contributed by atoms with Crippen LogP contribution < -0.4 is 5.73 Å². The molecular weight excluding hydrogens is 248 g/mol. The van der Waals surface area contributed by atoms with E-state index in [0.717, 1.165) is 41.1 Å². The maximum Gasteiger partial charge on any atom is 0.148 e. The molecular formula is C16H16N4. The molecule has 0 atom stereocenters. The highest BCUT2D eigenvalue weighted by atomic mass is 15.0.